The molecule has 1 aromatic heterocycles. The number of carboxylic acid groups (broad SMARTS) is 2. The molecular weight excluding hydrogens is 822 g/mol. The number of phenolic OH excluding ortho intramolecular Hbond substituents is 2. The van der Waals surface area contributed by atoms with E-state index in [4.69, 9.17) is 22.2 Å². The monoisotopic (exact) mass is 845 g/mol. The summed E-state index contributed by atoms with van der Waals surface area (Å²) in [7, 11) is 0. The van der Waals surface area contributed by atoms with Crippen LogP contribution in [0.5, 0.6) is 11.5 Å². The van der Waals surface area contributed by atoms with Crippen LogP contribution in [0.2, 0.25) is 5.02 Å². The van der Waals surface area contributed by atoms with Crippen molar-refractivity contribution in [3.05, 3.63) is 32.2 Å². The number of hydrogen-bond acceptors (Lipinski definition) is 16. The number of Topliss-reactive ketones (excluding diaryl/α,β-unsaturated/α-hetero) is 2. The number of carboxylic acids is 2. The van der Waals surface area contributed by atoms with Gasteiger partial charge in [-0.25, -0.2) is 19.6 Å². The number of halogens is 2. The van der Waals surface area contributed by atoms with Crippen LogP contribution < -0.4 is 11.2 Å². The lowest BCUT2D eigenvalue weighted by atomic mass is 9.90. The number of carbonyl (C=O) groups excluding carboxylic acids is 6. The molecule has 52 heavy (non-hydrogen) atoms. The number of anilines is 1. The summed E-state index contributed by atoms with van der Waals surface area (Å²) < 4.78 is 0.252. The average molecular weight is 847 g/mol. The number of thiazole rings is 1. The number of aliphatic carboxylic acids is 2. The Morgan fingerprint density at radius 2 is 1.83 bits per heavy atom. The van der Waals surface area contributed by atoms with Crippen molar-refractivity contribution in [3.8, 4) is 11.5 Å². The molecule has 3 atom stereocenters. The summed E-state index contributed by atoms with van der Waals surface area (Å²) in [5.41, 5.74) is 4.75. The summed E-state index contributed by atoms with van der Waals surface area (Å²) in [4.78, 5) is 112. The Balaban J connectivity index is 1.31. The Bertz CT molecular complexity index is 2010. The number of rotatable bonds is 12. The van der Waals surface area contributed by atoms with Crippen molar-refractivity contribution in [2.75, 3.05) is 25.4 Å². The zero-order valence-electron chi connectivity index (χ0n) is 26.5. The van der Waals surface area contributed by atoms with Gasteiger partial charge in [-0.2, -0.15) is 0 Å². The molecule has 3 fully saturated rings. The Labute approximate surface area is 312 Å². The van der Waals surface area contributed by atoms with Crippen LogP contribution in [0.1, 0.15) is 36.3 Å². The highest BCUT2D eigenvalue weighted by Crippen LogP contribution is 2.52. The number of ketones is 2. The number of nitrogen functional groups attached to an aromatic ring is 1. The molecule has 4 amide bonds. The number of aromatic hydroxyl groups is 2. The fourth-order valence-electron chi connectivity index (χ4n) is 5.24. The predicted octanol–water partition coefficient (Wildman–Crippen LogP) is -0.00740. The normalized spacial score (nSPS) is 21.8. The van der Waals surface area contributed by atoms with Gasteiger partial charge in [-0.3, -0.25) is 34.2 Å². The molecule has 20 nitrogen and oxygen atoms in total. The number of amides is 4. The first kappa shape index (κ1) is 38.2. The molecule has 0 aliphatic carbocycles. The number of nitrogens with zero attached hydrogens (tertiary/aromatic N) is 5. The molecule has 276 valence electrons. The van der Waals surface area contributed by atoms with Gasteiger partial charge >= 0.3 is 29.7 Å². The van der Waals surface area contributed by atoms with Crippen LogP contribution in [0.4, 0.5) is 5.13 Å². The van der Waals surface area contributed by atoms with Crippen LogP contribution in [0.3, 0.4) is 0 Å². The van der Waals surface area contributed by atoms with Crippen molar-refractivity contribution < 1.29 is 63.6 Å². The standard InChI is InChI=1S/C28H25BrClN7O13S2/c1-27(2,24(46)47)50-34-14(15-18(29)51-26(31)32-15)12(39)7-10-20(43)35-8-28(25(48)49,52-23(10)35)36-5-6-37(22(45)21(36)44)33-19(42)16(40)9-3-4-11(38)17(41)13(9)30/h3-4,10,23,38,41H,5-8H2,1-2H3,(H2,31,32)(H,33,42)(H,46,47)(H,48,49)/b34-14+/t10-,23-,28-/m1/s1. The van der Waals surface area contributed by atoms with Crippen molar-refractivity contribution in [1.29, 1.82) is 0 Å². The molecule has 7 N–H and O–H groups in total. The number of nitrogens with one attached hydrogen (secondary N) is 1. The number of aromatic nitrogens is 1. The number of carbonyl (C=O) groups is 8. The van der Waals surface area contributed by atoms with E-state index in [2.05, 4.69) is 26.1 Å². The number of benzene rings is 1. The number of nitrogens with two attached hydrogens (primary N) is 1. The van der Waals surface area contributed by atoms with Gasteiger partial charge in [0.2, 0.25) is 16.4 Å². The molecule has 0 saturated carbocycles. The van der Waals surface area contributed by atoms with E-state index >= 15 is 0 Å². The molecule has 3 aliphatic heterocycles. The third-order valence-electron chi connectivity index (χ3n) is 8.10. The van der Waals surface area contributed by atoms with Crippen molar-refractivity contribution in [3.63, 3.8) is 0 Å². The van der Waals surface area contributed by atoms with E-state index in [1.165, 1.54) is 13.8 Å². The number of piperazine rings is 1. The summed E-state index contributed by atoms with van der Waals surface area (Å²) in [6, 6.07) is 1.84. The molecule has 0 radical (unpaired) electrons. The number of fused-ring (bicyclic) bond motifs is 1. The summed E-state index contributed by atoms with van der Waals surface area (Å²) in [6.45, 7) is 0.813. The number of thioether (sulfide) groups is 1. The van der Waals surface area contributed by atoms with Gasteiger partial charge in [0.05, 0.1) is 35.0 Å². The smallest absolute Gasteiger partial charge is 0.350 e. The number of phenols is 2. The van der Waals surface area contributed by atoms with Gasteiger partial charge in [-0.15, -0.1) is 0 Å². The SMILES string of the molecule is CC(C)(O/N=C(\C(=O)C[C@@H]1C(=O)N2C[C@@](C(=O)O)(N3CCN(NC(=O)C(=O)c4ccc(O)c(O)c4Cl)C(=O)C3=O)S[C@H]12)c1nc(N)sc1Br)C(=O)O. The van der Waals surface area contributed by atoms with Crippen molar-refractivity contribution >= 4 is 109 Å². The molecule has 3 saturated heterocycles. The zero-order chi connectivity index (χ0) is 38.6. The second-order valence-electron chi connectivity index (χ2n) is 11.8. The molecule has 1 aromatic carbocycles. The Morgan fingerprint density at radius 1 is 1.15 bits per heavy atom. The average Bonchev–Trinajstić information content (AvgIpc) is 3.61. The maximum Gasteiger partial charge on any atom is 0.350 e. The zero-order valence-corrected chi connectivity index (χ0v) is 30.5. The third kappa shape index (κ3) is 6.59. The molecule has 3 aliphatic rings. The minimum atomic E-state index is -2.20. The first-order chi connectivity index (χ1) is 24.2. The van der Waals surface area contributed by atoms with E-state index in [9.17, 15) is 58.8 Å². The number of oxime groups is 1. The van der Waals surface area contributed by atoms with E-state index in [1.807, 2.05) is 5.43 Å². The van der Waals surface area contributed by atoms with E-state index < -0.39 is 123 Å². The molecule has 2 aromatic rings. The molecule has 5 rings (SSSR count). The van der Waals surface area contributed by atoms with E-state index in [-0.39, 0.29) is 14.6 Å². The summed E-state index contributed by atoms with van der Waals surface area (Å²) >= 11 is 10.6. The van der Waals surface area contributed by atoms with Gasteiger partial charge in [-0.1, -0.05) is 39.9 Å². The van der Waals surface area contributed by atoms with Crippen LogP contribution in [0.15, 0.2) is 21.1 Å². The molecule has 4 heterocycles. The van der Waals surface area contributed by atoms with Crippen LogP contribution in [0, 0.1) is 5.92 Å². The highest BCUT2D eigenvalue weighted by Gasteiger charge is 2.66. The van der Waals surface area contributed by atoms with E-state index in [0.29, 0.717) is 16.8 Å². The van der Waals surface area contributed by atoms with Crippen LogP contribution >= 0.6 is 50.6 Å². The van der Waals surface area contributed by atoms with Crippen LogP contribution in [-0.4, -0.2) is 129 Å². The summed E-state index contributed by atoms with van der Waals surface area (Å²) in [5, 5.41) is 41.7. The fourth-order valence-corrected chi connectivity index (χ4v) is 8.52. The first-order valence-electron chi connectivity index (χ1n) is 14.6. The summed E-state index contributed by atoms with van der Waals surface area (Å²) in [5.74, 6) is -12.7. The maximum atomic E-state index is 13.6. The molecule has 0 spiro atoms. The lowest BCUT2D eigenvalue weighted by Crippen LogP contribution is -2.67. The number of β-lactam (4-membered cyclic amide) rings is 1. The molecular formula is C28H25BrClN7O13S2. The van der Waals surface area contributed by atoms with Crippen molar-refractivity contribution in [1.82, 2.24) is 25.2 Å². The van der Waals surface area contributed by atoms with Gasteiger partial charge in [0.25, 0.3) is 5.78 Å². The van der Waals surface area contributed by atoms with E-state index in [0.717, 1.165) is 33.3 Å². The lowest BCUT2D eigenvalue weighted by Gasteiger charge is -2.41. The van der Waals surface area contributed by atoms with Gasteiger partial charge in [-0.05, 0) is 41.9 Å². The Kier molecular flexibility index (Phi) is 10.2. The minimum Gasteiger partial charge on any atom is -0.504 e. The van der Waals surface area contributed by atoms with E-state index in [1.54, 1.807) is 0 Å². The lowest BCUT2D eigenvalue weighted by molar-refractivity contribution is -0.168. The van der Waals surface area contributed by atoms with Crippen LogP contribution in [0.25, 0.3) is 0 Å². The van der Waals surface area contributed by atoms with Gasteiger partial charge in [0.15, 0.2) is 28.1 Å². The molecule has 0 unspecified atom stereocenters. The first-order valence-corrected chi connectivity index (χ1v) is 17.4. The topological polar surface area (TPSA) is 300 Å². The van der Waals surface area contributed by atoms with Gasteiger partial charge in [0, 0.05) is 13.0 Å². The van der Waals surface area contributed by atoms with Crippen LogP contribution in [-0.2, 0) is 38.4 Å². The van der Waals surface area contributed by atoms with Crippen molar-refractivity contribution in [2.24, 2.45) is 11.1 Å². The largest absolute Gasteiger partial charge is 0.504 e. The summed E-state index contributed by atoms with van der Waals surface area (Å²) in [6.07, 6.45) is -0.564. The quantitative estimate of drug-likeness (QED) is 0.0409. The second kappa shape index (κ2) is 13.9. The third-order valence-corrected chi connectivity index (χ3v) is 11.8. The van der Waals surface area contributed by atoms with Gasteiger partial charge in [0.1, 0.15) is 9.48 Å². The number of hydrazine groups is 1. The fraction of sp³-hybridized carbons (Fsp3) is 0.357. The highest BCUT2D eigenvalue weighted by molar-refractivity contribution is 9.11. The van der Waals surface area contributed by atoms with Crippen molar-refractivity contribution in [2.45, 2.75) is 36.1 Å². The molecule has 0 bridgehead atoms. The molecule has 24 heteroatoms. The maximum absolute atomic E-state index is 13.6. The van der Waals surface area contributed by atoms with Gasteiger partial charge < -0.3 is 40.8 Å². The number of hydrogen-bond donors (Lipinski definition) is 6. The predicted molar refractivity (Wildman–Crippen MR) is 181 cm³/mol. The minimum absolute atomic E-state index is 0.0239. The highest BCUT2D eigenvalue weighted by atomic mass is 79.9. The Morgan fingerprint density at radius 3 is 2.42 bits per heavy atom. The Hall–Kier alpha value is -5.00. The second-order valence-corrected chi connectivity index (χ2v) is 15.9.